The number of fused-ring (bicyclic) bond motifs is 2. The van der Waals surface area contributed by atoms with Crippen molar-refractivity contribution in [3.05, 3.63) is 95.0 Å². The first kappa shape index (κ1) is 21.6. The maximum Gasteiger partial charge on any atom is 0.250 e. The highest BCUT2D eigenvalue weighted by Crippen LogP contribution is 2.28. The van der Waals surface area contributed by atoms with Crippen LogP contribution in [0.2, 0.25) is 5.02 Å². The summed E-state index contributed by atoms with van der Waals surface area (Å²) in [5.41, 5.74) is 8.38. The number of primary amides is 1. The summed E-state index contributed by atoms with van der Waals surface area (Å²) >= 11 is 6.05. The van der Waals surface area contributed by atoms with Crippen LogP contribution in [0.4, 0.5) is 0 Å². The Kier molecular flexibility index (Phi) is 5.69. The molecular weight excluding hydrogens is 452 g/mol. The number of Topliss-reactive ketones (excluding diaryl/α,β-unsaturated/α-hetero) is 1. The number of amides is 1. The number of aromatic amines is 1. The van der Waals surface area contributed by atoms with Crippen LogP contribution in [0.1, 0.15) is 32.8 Å². The molecule has 0 fully saturated rings. The lowest BCUT2D eigenvalue weighted by atomic mass is 10.0. The van der Waals surface area contributed by atoms with Gasteiger partial charge in [-0.05, 0) is 55.0 Å². The van der Waals surface area contributed by atoms with Crippen molar-refractivity contribution in [2.75, 3.05) is 0 Å². The average Bonchev–Trinajstić information content (AvgIpc) is 3.26. The molecule has 3 heterocycles. The van der Waals surface area contributed by atoms with Gasteiger partial charge in [-0.2, -0.15) is 0 Å². The number of hydrogen-bond donors (Lipinski definition) is 2. The molecular formula is C26H19ClN4O3. The molecule has 0 radical (unpaired) electrons. The number of aryl methyl sites for hydroxylation is 1. The molecule has 0 bridgehead atoms. The topological polar surface area (TPSA) is 111 Å². The molecule has 2 aromatic carbocycles. The first-order valence-electron chi connectivity index (χ1n) is 10.6. The van der Waals surface area contributed by atoms with Crippen LogP contribution in [0.25, 0.3) is 21.8 Å². The van der Waals surface area contributed by atoms with Gasteiger partial charge in [-0.25, -0.2) is 0 Å². The molecule has 5 aromatic rings. The van der Waals surface area contributed by atoms with E-state index in [0.29, 0.717) is 38.9 Å². The van der Waals surface area contributed by atoms with Crippen molar-refractivity contribution >= 4 is 45.1 Å². The number of hydrogen-bond acceptors (Lipinski definition) is 5. The summed E-state index contributed by atoms with van der Waals surface area (Å²) in [6.07, 6.45) is 5.45. The van der Waals surface area contributed by atoms with Gasteiger partial charge in [-0.15, -0.1) is 0 Å². The Morgan fingerprint density at radius 2 is 1.91 bits per heavy atom. The SMILES string of the molecule is NC(=O)c1cc2cc(Cl)ccc2nc1CCC(=O)c1c[nH]c2cc(Oc3cccnc3)ccc12. The first-order valence-corrected chi connectivity index (χ1v) is 11.0. The van der Waals surface area contributed by atoms with E-state index in [-0.39, 0.29) is 18.6 Å². The van der Waals surface area contributed by atoms with Gasteiger partial charge in [0.05, 0.1) is 23.0 Å². The van der Waals surface area contributed by atoms with Crippen LogP contribution in [0.15, 0.2) is 73.2 Å². The van der Waals surface area contributed by atoms with E-state index < -0.39 is 5.91 Å². The minimum absolute atomic E-state index is 0.0689. The van der Waals surface area contributed by atoms with Gasteiger partial charge in [0, 0.05) is 51.8 Å². The largest absolute Gasteiger partial charge is 0.456 e. The molecule has 0 saturated carbocycles. The van der Waals surface area contributed by atoms with Gasteiger partial charge in [-0.3, -0.25) is 19.6 Å². The van der Waals surface area contributed by atoms with E-state index in [2.05, 4.69) is 15.0 Å². The highest BCUT2D eigenvalue weighted by molar-refractivity contribution is 6.31. The Morgan fingerprint density at radius 3 is 2.71 bits per heavy atom. The van der Waals surface area contributed by atoms with E-state index in [0.717, 1.165) is 16.3 Å². The lowest BCUT2D eigenvalue weighted by Crippen LogP contribution is -2.16. The van der Waals surface area contributed by atoms with Crippen molar-refractivity contribution in [2.24, 2.45) is 5.73 Å². The van der Waals surface area contributed by atoms with E-state index in [1.807, 2.05) is 18.2 Å². The van der Waals surface area contributed by atoms with Gasteiger partial charge in [-0.1, -0.05) is 11.6 Å². The minimum atomic E-state index is -0.593. The third-order valence-corrected chi connectivity index (χ3v) is 5.77. The Hall–Kier alpha value is -4.23. The summed E-state index contributed by atoms with van der Waals surface area (Å²) < 4.78 is 5.81. The van der Waals surface area contributed by atoms with Gasteiger partial charge in [0.2, 0.25) is 0 Å². The van der Waals surface area contributed by atoms with Crippen LogP contribution in [-0.4, -0.2) is 26.6 Å². The molecule has 1 amide bonds. The van der Waals surface area contributed by atoms with Crippen LogP contribution < -0.4 is 10.5 Å². The number of aromatic nitrogens is 3. The number of nitrogens with one attached hydrogen (secondary N) is 1. The predicted molar refractivity (Wildman–Crippen MR) is 131 cm³/mol. The zero-order valence-electron chi connectivity index (χ0n) is 17.9. The number of benzene rings is 2. The molecule has 0 saturated heterocycles. The third-order valence-electron chi connectivity index (χ3n) is 5.53. The molecule has 168 valence electrons. The lowest BCUT2D eigenvalue weighted by molar-refractivity contribution is 0.0975. The number of carbonyl (C=O) groups excluding carboxylic acids is 2. The number of halogens is 1. The normalized spacial score (nSPS) is 11.1. The number of rotatable bonds is 7. The fourth-order valence-electron chi connectivity index (χ4n) is 3.90. The van der Waals surface area contributed by atoms with E-state index >= 15 is 0 Å². The van der Waals surface area contributed by atoms with Crippen molar-refractivity contribution in [1.29, 1.82) is 0 Å². The summed E-state index contributed by atoms with van der Waals surface area (Å²) in [6, 6.07) is 16.0. The maximum atomic E-state index is 13.0. The van der Waals surface area contributed by atoms with Crippen molar-refractivity contribution in [1.82, 2.24) is 15.0 Å². The summed E-state index contributed by atoms with van der Waals surface area (Å²) in [7, 11) is 0. The second-order valence-electron chi connectivity index (χ2n) is 7.81. The number of carbonyl (C=O) groups is 2. The van der Waals surface area contributed by atoms with E-state index in [1.165, 1.54) is 0 Å². The number of nitrogens with two attached hydrogens (primary N) is 1. The lowest BCUT2D eigenvalue weighted by Gasteiger charge is -2.08. The molecule has 0 unspecified atom stereocenters. The Labute approximate surface area is 199 Å². The molecule has 34 heavy (non-hydrogen) atoms. The van der Waals surface area contributed by atoms with E-state index in [1.54, 1.807) is 55.0 Å². The molecule has 5 rings (SSSR count). The fourth-order valence-corrected chi connectivity index (χ4v) is 4.08. The van der Waals surface area contributed by atoms with Crippen LogP contribution in [0, 0.1) is 0 Å². The summed E-state index contributed by atoms with van der Waals surface area (Å²) in [4.78, 5) is 36.8. The van der Waals surface area contributed by atoms with Gasteiger partial charge in [0.15, 0.2) is 5.78 Å². The second kappa shape index (κ2) is 8.96. The van der Waals surface area contributed by atoms with Crippen molar-refractivity contribution in [3.63, 3.8) is 0 Å². The third kappa shape index (κ3) is 4.33. The van der Waals surface area contributed by atoms with Gasteiger partial charge < -0.3 is 15.5 Å². The first-order chi connectivity index (χ1) is 16.5. The van der Waals surface area contributed by atoms with Gasteiger partial charge in [0.1, 0.15) is 11.5 Å². The number of H-pyrrole nitrogens is 1. The van der Waals surface area contributed by atoms with Crippen molar-refractivity contribution < 1.29 is 14.3 Å². The number of nitrogens with zero attached hydrogens (tertiary/aromatic N) is 2. The molecule has 0 atom stereocenters. The second-order valence-corrected chi connectivity index (χ2v) is 8.24. The molecule has 0 aliphatic rings. The molecule has 0 aliphatic heterocycles. The van der Waals surface area contributed by atoms with Crippen LogP contribution in [0.3, 0.4) is 0 Å². The van der Waals surface area contributed by atoms with E-state index in [4.69, 9.17) is 22.1 Å². The van der Waals surface area contributed by atoms with E-state index in [9.17, 15) is 9.59 Å². The van der Waals surface area contributed by atoms with Crippen LogP contribution in [0.5, 0.6) is 11.5 Å². The summed E-state index contributed by atoms with van der Waals surface area (Å²) in [6.45, 7) is 0. The molecule has 0 aliphatic carbocycles. The van der Waals surface area contributed by atoms with Gasteiger partial charge in [0.25, 0.3) is 5.91 Å². The Balaban J connectivity index is 1.37. The Morgan fingerprint density at radius 1 is 1.03 bits per heavy atom. The molecule has 3 aromatic heterocycles. The maximum absolute atomic E-state index is 13.0. The van der Waals surface area contributed by atoms with Crippen molar-refractivity contribution in [2.45, 2.75) is 12.8 Å². The monoisotopic (exact) mass is 470 g/mol. The van der Waals surface area contributed by atoms with Crippen LogP contribution >= 0.6 is 11.6 Å². The number of pyridine rings is 2. The minimum Gasteiger partial charge on any atom is -0.456 e. The summed E-state index contributed by atoms with van der Waals surface area (Å²) in [5, 5.41) is 2.05. The van der Waals surface area contributed by atoms with Crippen LogP contribution in [-0.2, 0) is 6.42 Å². The highest BCUT2D eigenvalue weighted by atomic mass is 35.5. The standard InChI is InChI=1S/C26H19ClN4O3/c27-16-3-6-22-15(10-16)11-20(26(28)33)23(31-22)7-8-25(32)21-14-30-24-12-17(4-5-19(21)24)34-18-2-1-9-29-13-18/h1-6,9-14,30H,7-8H2,(H2,28,33). The zero-order valence-corrected chi connectivity index (χ0v) is 18.7. The fraction of sp³-hybridized carbons (Fsp3) is 0.0769. The number of ketones is 1. The molecule has 0 spiro atoms. The number of ether oxygens (including phenoxy) is 1. The molecule has 8 heteroatoms. The molecule has 3 N–H and O–H groups in total. The van der Waals surface area contributed by atoms with Gasteiger partial charge >= 0.3 is 0 Å². The van der Waals surface area contributed by atoms with Crippen molar-refractivity contribution in [3.8, 4) is 11.5 Å². The predicted octanol–water partition coefficient (Wildman–Crippen LogP) is 5.47. The quantitative estimate of drug-likeness (QED) is 0.306. The smallest absolute Gasteiger partial charge is 0.250 e. The zero-order chi connectivity index (χ0) is 23.7. The Bertz CT molecular complexity index is 1550. The molecule has 7 nitrogen and oxygen atoms in total. The highest BCUT2D eigenvalue weighted by Gasteiger charge is 2.17. The average molecular weight is 471 g/mol. The summed E-state index contributed by atoms with van der Waals surface area (Å²) in [5.74, 6) is 0.596.